The highest BCUT2D eigenvalue weighted by molar-refractivity contribution is 5.46. The van der Waals surface area contributed by atoms with E-state index in [0.717, 1.165) is 0 Å². The van der Waals surface area contributed by atoms with Crippen molar-refractivity contribution in [2.75, 3.05) is 6.61 Å². The molecule has 2 aromatic rings. The van der Waals surface area contributed by atoms with Gasteiger partial charge in [0.2, 0.25) is 0 Å². The van der Waals surface area contributed by atoms with E-state index in [1.54, 1.807) is 24.3 Å². The summed E-state index contributed by atoms with van der Waals surface area (Å²) in [4.78, 5) is 24.0. The molecule has 0 aliphatic heterocycles. The first-order chi connectivity index (χ1) is 9.69. The van der Waals surface area contributed by atoms with Crippen LogP contribution >= 0.6 is 0 Å². The summed E-state index contributed by atoms with van der Waals surface area (Å²) in [6.07, 6.45) is 8.16. The Hall–Kier alpha value is -2.74. The third kappa shape index (κ3) is 2.50. The van der Waals surface area contributed by atoms with Gasteiger partial charge < -0.3 is 4.74 Å². The zero-order chi connectivity index (χ0) is 14.5. The second-order valence-corrected chi connectivity index (χ2v) is 4.01. The lowest BCUT2D eigenvalue weighted by Crippen LogP contribution is -2.39. The van der Waals surface area contributed by atoms with Gasteiger partial charge in [0.15, 0.2) is 0 Å². The summed E-state index contributed by atoms with van der Waals surface area (Å²) >= 11 is 0. The molecule has 20 heavy (non-hydrogen) atoms. The lowest BCUT2D eigenvalue weighted by Gasteiger charge is -2.12. The molecule has 0 saturated heterocycles. The summed E-state index contributed by atoms with van der Waals surface area (Å²) in [7, 11) is 0. The van der Waals surface area contributed by atoms with Crippen molar-refractivity contribution in [1.82, 2.24) is 9.13 Å². The van der Waals surface area contributed by atoms with Crippen LogP contribution in [0, 0.1) is 12.3 Å². The Kier molecular flexibility index (Phi) is 4.06. The predicted molar refractivity (Wildman–Crippen MR) is 76.3 cm³/mol. The number of ether oxygens (including phenoxy) is 1. The number of nitrogens with zero attached hydrogens (tertiary/aromatic N) is 2. The molecule has 0 saturated carbocycles. The second kappa shape index (κ2) is 5.93. The van der Waals surface area contributed by atoms with Gasteiger partial charge in [-0.3, -0.25) is 18.7 Å². The molecule has 102 valence electrons. The highest BCUT2D eigenvalue weighted by Gasteiger charge is 2.10. The van der Waals surface area contributed by atoms with Crippen LogP contribution in [0.25, 0.3) is 5.69 Å². The Labute approximate surface area is 116 Å². The molecule has 0 aliphatic carbocycles. The average Bonchev–Trinajstić information content (AvgIpc) is 2.46. The van der Waals surface area contributed by atoms with E-state index in [1.165, 1.54) is 21.5 Å². The molecule has 0 fully saturated rings. The maximum Gasteiger partial charge on any atom is 0.321 e. The molecule has 0 bridgehead atoms. The van der Waals surface area contributed by atoms with Gasteiger partial charge in [0.05, 0.1) is 18.8 Å². The van der Waals surface area contributed by atoms with Crippen molar-refractivity contribution < 1.29 is 4.74 Å². The monoisotopic (exact) mass is 270 g/mol. The maximum absolute atomic E-state index is 12.1. The number of aromatic nitrogens is 2. The van der Waals surface area contributed by atoms with E-state index < -0.39 is 11.1 Å². The van der Waals surface area contributed by atoms with E-state index in [0.29, 0.717) is 18.0 Å². The summed E-state index contributed by atoms with van der Waals surface area (Å²) in [6.45, 7) is 2.40. The fourth-order valence-electron chi connectivity index (χ4n) is 1.85. The van der Waals surface area contributed by atoms with Crippen LogP contribution in [0.15, 0.2) is 46.2 Å². The van der Waals surface area contributed by atoms with Crippen molar-refractivity contribution in [3.05, 3.63) is 57.4 Å². The minimum atomic E-state index is -0.657. The molecule has 0 spiro atoms. The quantitative estimate of drug-likeness (QED) is 0.616. The Balaban J connectivity index is 2.61. The molecule has 0 aliphatic rings. The summed E-state index contributed by atoms with van der Waals surface area (Å²) < 4.78 is 7.92. The molecular weight excluding hydrogens is 256 g/mol. The zero-order valence-electron chi connectivity index (χ0n) is 11.1. The lowest BCUT2D eigenvalue weighted by molar-refractivity contribution is 0.339. The molecule has 0 atom stereocenters. The molecule has 1 aromatic carbocycles. The van der Waals surface area contributed by atoms with Crippen LogP contribution in [0.3, 0.4) is 0 Å². The van der Waals surface area contributed by atoms with Crippen LogP contribution in [0.1, 0.15) is 6.92 Å². The number of rotatable bonds is 4. The number of hydrogen-bond acceptors (Lipinski definition) is 3. The molecule has 0 amide bonds. The van der Waals surface area contributed by atoms with E-state index in [2.05, 4.69) is 5.92 Å². The third-order valence-electron chi connectivity index (χ3n) is 2.74. The largest absolute Gasteiger partial charge is 0.492 e. The Morgan fingerprint density at radius 1 is 1.20 bits per heavy atom. The van der Waals surface area contributed by atoms with Gasteiger partial charge in [0, 0.05) is 12.4 Å². The normalized spacial score (nSPS) is 10.0. The van der Waals surface area contributed by atoms with Crippen molar-refractivity contribution in [3.63, 3.8) is 0 Å². The van der Waals surface area contributed by atoms with Crippen LogP contribution in [-0.2, 0) is 6.54 Å². The van der Waals surface area contributed by atoms with Gasteiger partial charge in [-0.25, -0.2) is 0 Å². The van der Waals surface area contributed by atoms with Gasteiger partial charge in [-0.2, -0.15) is 0 Å². The maximum atomic E-state index is 12.1. The van der Waals surface area contributed by atoms with Crippen molar-refractivity contribution >= 4 is 0 Å². The molecular formula is C15H14N2O3. The van der Waals surface area contributed by atoms with Crippen LogP contribution < -0.4 is 15.9 Å². The average molecular weight is 270 g/mol. The highest BCUT2D eigenvalue weighted by Crippen LogP contribution is 2.20. The van der Waals surface area contributed by atoms with E-state index in [-0.39, 0.29) is 6.54 Å². The molecule has 0 unspecified atom stereocenters. The van der Waals surface area contributed by atoms with Gasteiger partial charge >= 0.3 is 11.1 Å². The molecule has 1 aromatic heterocycles. The topological polar surface area (TPSA) is 53.2 Å². The second-order valence-electron chi connectivity index (χ2n) is 4.01. The van der Waals surface area contributed by atoms with Crippen molar-refractivity contribution in [2.45, 2.75) is 13.5 Å². The Bertz CT molecular complexity index is 766. The van der Waals surface area contributed by atoms with Gasteiger partial charge in [0.1, 0.15) is 5.75 Å². The first kappa shape index (κ1) is 13.7. The van der Waals surface area contributed by atoms with Crippen molar-refractivity contribution in [2.24, 2.45) is 0 Å². The number of terminal acetylenes is 1. The Morgan fingerprint density at radius 2 is 1.95 bits per heavy atom. The Morgan fingerprint density at radius 3 is 2.65 bits per heavy atom. The smallest absolute Gasteiger partial charge is 0.321 e. The first-order valence-corrected chi connectivity index (χ1v) is 6.16. The standard InChI is InChI=1S/C15H14N2O3/c1-3-9-16-10-11-17(15(19)14(16)18)12-7-5-6-8-13(12)20-4-2/h1,5-8,10-11H,4,9H2,2H3. The molecule has 5 heteroatoms. The SMILES string of the molecule is C#CCn1ccn(-c2ccccc2OCC)c(=O)c1=O. The number of para-hydroxylation sites is 2. The van der Waals surface area contributed by atoms with Gasteiger partial charge in [-0.15, -0.1) is 6.42 Å². The van der Waals surface area contributed by atoms with E-state index in [1.807, 2.05) is 6.92 Å². The van der Waals surface area contributed by atoms with Gasteiger partial charge in [-0.1, -0.05) is 18.1 Å². The van der Waals surface area contributed by atoms with Gasteiger partial charge in [-0.05, 0) is 19.1 Å². The van der Waals surface area contributed by atoms with Gasteiger partial charge in [0.25, 0.3) is 0 Å². The molecule has 0 N–H and O–H groups in total. The van der Waals surface area contributed by atoms with Crippen LogP contribution in [0.4, 0.5) is 0 Å². The summed E-state index contributed by atoms with van der Waals surface area (Å²) in [5, 5.41) is 0. The number of hydrogen-bond donors (Lipinski definition) is 0. The minimum Gasteiger partial charge on any atom is -0.492 e. The van der Waals surface area contributed by atoms with E-state index in [9.17, 15) is 9.59 Å². The van der Waals surface area contributed by atoms with Crippen molar-refractivity contribution in [3.8, 4) is 23.8 Å². The minimum absolute atomic E-state index is 0.0714. The number of benzene rings is 1. The third-order valence-corrected chi connectivity index (χ3v) is 2.74. The fourth-order valence-corrected chi connectivity index (χ4v) is 1.85. The summed E-state index contributed by atoms with van der Waals surface area (Å²) in [6, 6.07) is 7.05. The molecule has 2 rings (SSSR count). The van der Waals surface area contributed by atoms with Crippen LogP contribution in [-0.4, -0.2) is 15.7 Å². The van der Waals surface area contributed by atoms with E-state index in [4.69, 9.17) is 11.2 Å². The molecule has 0 radical (unpaired) electrons. The fraction of sp³-hybridized carbons (Fsp3) is 0.200. The predicted octanol–water partition coefficient (Wildman–Crippen LogP) is 1.03. The molecule has 5 nitrogen and oxygen atoms in total. The van der Waals surface area contributed by atoms with Crippen LogP contribution in [0.2, 0.25) is 0 Å². The lowest BCUT2D eigenvalue weighted by atomic mass is 10.3. The highest BCUT2D eigenvalue weighted by atomic mass is 16.5. The summed E-state index contributed by atoms with van der Waals surface area (Å²) in [5.41, 5.74) is -0.782. The zero-order valence-corrected chi connectivity index (χ0v) is 11.1. The summed E-state index contributed by atoms with van der Waals surface area (Å²) in [5.74, 6) is 2.88. The van der Waals surface area contributed by atoms with Crippen LogP contribution in [0.5, 0.6) is 5.75 Å². The molecule has 1 heterocycles. The first-order valence-electron chi connectivity index (χ1n) is 6.16. The van der Waals surface area contributed by atoms with Crippen molar-refractivity contribution in [1.29, 1.82) is 0 Å². The van der Waals surface area contributed by atoms with E-state index >= 15 is 0 Å².